The van der Waals surface area contributed by atoms with Gasteiger partial charge in [0.1, 0.15) is 28.4 Å². The van der Waals surface area contributed by atoms with Gasteiger partial charge >= 0.3 is 5.97 Å². The predicted octanol–water partition coefficient (Wildman–Crippen LogP) is 7.80. The summed E-state index contributed by atoms with van der Waals surface area (Å²) < 4.78 is 32.0. The first kappa shape index (κ1) is 39.5. The maximum Gasteiger partial charge on any atom is 0.339 e. The standard InChI is InChI=1S/C21H21NO4.C13H15NOS.C8H8O3.CH3F/c1-25-18-8-4-3-7-16(18)20(24)22-12-10-21(11-13-22)14-17(23)15-6-2-5-9-19(15)26-21;15-11-9-13(5-7-14-8-6-13)16-12-4-2-1-3-10(11)12;1-11-7-5-3-2-4-6(7)8(9)10;1-2/h2-9H,10-14H2,1H3;1-4,14H,5-9H2;2-5H,1H3,(H,9,10);1H3/i;;;1D. The highest BCUT2D eigenvalue weighted by atomic mass is 32.2. The number of piperidine rings is 2. The molecule has 2 N–H and O–H groups in total. The summed E-state index contributed by atoms with van der Waals surface area (Å²) in [6.45, 7) is 3.21. The van der Waals surface area contributed by atoms with Gasteiger partial charge in [0, 0.05) is 47.6 Å². The fourth-order valence-corrected chi connectivity index (χ4v) is 8.77. The smallest absolute Gasteiger partial charge is 0.339 e. The van der Waals surface area contributed by atoms with Gasteiger partial charge in [-0.05, 0) is 68.4 Å². The van der Waals surface area contributed by atoms with Crippen molar-refractivity contribution in [2.24, 2.45) is 0 Å². The van der Waals surface area contributed by atoms with E-state index < -0.39 is 18.7 Å². The van der Waals surface area contributed by atoms with Crippen LogP contribution in [0.5, 0.6) is 17.2 Å². The number of hydrogen-bond donors (Lipinski definition) is 2. The van der Waals surface area contributed by atoms with Gasteiger partial charge in [-0.2, -0.15) is 0 Å². The zero-order valence-electron chi connectivity index (χ0n) is 32.1. The second kappa shape index (κ2) is 18.9. The number of thioether (sulfide) groups is 1. The van der Waals surface area contributed by atoms with Crippen LogP contribution in [0.4, 0.5) is 4.39 Å². The van der Waals surface area contributed by atoms with E-state index in [-0.39, 0.29) is 22.0 Å². The Morgan fingerprint density at radius 2 is 1.31 bits per heavy atom. The number of halogens is 1. The van der Waals surface area contributed by atoms with E-state index in [1.54, 1.807) is 37.4 Å². The van der Waals surface area contributed by atoms with Crippen molar-refractivity contribution in [2.75, 3.05) is 47.6 Å². The number of rotatable bonds is 4. The number of benzene rings is 4. The number of aromatic carboxylic acids is 1. The normalized spacial score (nSPS) is 17.5. The summed E-state index contributed by atoms with van der Waals surface area (Å²) in [5.74, 6) is 1.07. The molecule has 0 saturated carbocycles. The van der Waals surface area contributed by atoms with Crippen molar-refractivity contribution in [1.82, 2.24) is 10.2 Å². The Hall–Kier alpha value is -5.20. The van der Waals surface area contributed by atoms with Crippen LogP contribution in [-0.2, 0) is 0 Å². The molecule has 55 heavy (non-hydrogen) atoms. The maximum atomic E-state index is 12.9. The highest BCUT2D eigenvalue weighted by Gasteiger charge is 2.44. The van der Waals surface area contributed by atoms with Crippen molar-refractivity contribution in [3.05, 3.63) is 119 Å². The van der Waals surface area contributed by atoms with Crippen molar-refractivity contribution in [3.63, 3.8) is 0 Å². The van der Waals surface area contributed by atoms with Gasteiger partial charge < -0.3 is 29.5 Å². The van der Waals surface area contributed by atoms with Crippen LogP contribution in [0.15, 0.2) is 102 Å². The first-order chi connectivity index (χ1) is 27.1. The number of nitrogens with zero attached hydrogens (tertiary/aromatic N) is 1. The largest absolute Gasteiger partial charge is 0.496 e. The van der Waals surface area contributed by atoms with E-state index in [1.807, 2.05) is 71.3 Å². The minimum Gasteiger partial charge on any atom is -0.496 e. The minimum absolute atomic E-state index is 0.0418. The molecule has 0 aromatic heterocycles. The molecule has 2 saturated heterocycles. The maximum absolute atomic E-state index is 12.9. The van der Waals surface area contributed by atoms with E-state index in [0.29, 0.717) is 66.5 Å². The Kier molecular flexibility index (Phi) is 13.6. The Labute approximate surface area is 326 Å². The highest BCUT2D eigenvalue weighted by Crippen LogP contribution is 2.48. The number of nitrogens with one attached hydrogen (secondary N) is 1. The van der Waals surface area contributed by atoms with Gasteiger partial charge in [0.05, 0.1) is 40.3 Å². The van der Waals surface area contributed by atoms with E-state index in [1.165, 1.54) is 18.1 Å². The van der Waals surface area contributed by atoms with Gasteiger partial charge in [0.2, 0.25) is 0 Å². The van der Waals surface area contributed by atoms with Gasteiger partial charge in [-0.3, -0.25) is 18.8 Å². The number of carboxylic acid groups (broad SMARTS) is 1. The van der Waals surface area contributed by atoms with Crippen LogP contribution in [-0.4, -0.2) is 91.3 Å². The summed E-state index contributed by atoms with van der Waals surface area (Å²) in [6, 6.07) is 29.2. The van der Waals surface area contributed by atoms with Gasteiger partial charge in [0.15, 0.2) is 11.6 Å². The first-order valence-electron chi connectivity index (χ1n) is 18.8. The predicted molar refractivity (Wildman–Crippen MR) is 210 cm³/mol. The molecule has 290 valence electrons. The third-order valence-corrected chi connectivity index (χ3v) is 11.7. The number of ether oxygens (including phenoxy) is 3. The zero-order chi connectivity index (χ0) is 40.1. The van der Waals surface area contributed by atoms with Crippen LogP contribution in [0.3, 0.4) is 0 Å². The van der Waals surface area contributed by atoms with Crippen molar-refractivity contribution < 1.29 is 44.3 Å². The molecule has 0 aliphatic carbocycles. The lowest BCUT2D eigenvalue weighted by molar-refractivity contribution is -0.00578. The first-order valence-corrected chi connectivity index (χ1v) is 18.9. The third-order valence-electron chi connectivity index (χ3n) is 10.1. The molecule has 2 fully saturated rings. The summed E-state index contributed by atoms with van der Waals surface area (Å²) in [5, 5.41) is 12.0. The van der Waals surface area contributed by atoms with Crippen LogP contribution >= 0.6 is 11.8 Å². The number of carboxylic acids is 1. The number of amides is 1. The lowest BCUT2D eigenvalue weighted by atomic mass is 9.82. The molecule has 4 heterocycles. The molecule has 0 atom stereocenters. The Bertz CT molecular complexity index is 2000. The number of ketones is 2. The third kappa shape index (κ3) is 9.73. The van der Waals surface area contributed by atoms with E-state index >= 15 is 0 Å². The summed E-state index contributed by atoms with van der Waals surface area (Å²) in [7, 11) is 2.01. The quantitative estimate of drug-likeness (QED) is 0.212. The Balaban J connectivity index is 0.000000170. The van der Waals surface area contributed by atoms with Crippen LogP contribution in [0, 0.1) is 0 Å². The Morgan fingerprint density at radius 1 is 0.782 bits per heavy atom. The second-order valence-electron chi connectivity index (χ2n) is 13.5. The highest BCUT2D eigenvalue weighted by molar-refractivity contribution is 8.01. The van der Waals surface area contributed by atoms with Crippen LogP contribution in [0.1, 0.15) is 81.3 Å². The molecule has 0 radical (unpaired) electrons. The van der Waals surface area contributed by atoms with Gasteiger partial charge in [-0.25, -0.2) is 4.79 Å². The molecule has 4 aromatic rings. The fraction of sp³-hybridized carbons (Fsp3) is 0.349. The summed E-state index contributed by atoms with van der Waals surface area (Å²) in [6.07, 6.45) is 4.61. The molecule has 4 aromatic carbocycles. The molecule has 4 aliphatic heterocycles. The number of alkyl halides is 1. The van der Waals surface area contributed by atoms with E-state index in [0.717, 1.165) is 37.9 Å². The number of methoxy groups -OCH3 is 2. The fourth-order valence-electron chi connectivity index (χ4n) is 7.26. The molecule has 8 rings (SSSR count). The van der Waals surface area contributed by atoms with Crippen molar-refractivity contribution in [3.8, 4) is 17.2 Å². The SMILES string of the molecule is COc1ccccc1C(=O)N1CCC2(CC1)CC(=O)c1ccccc1O2.COc1ccccc1C(=O)O.O=C1CC2(CCNCC2)Sc2ccccc21.[2H]CF. The summed E-state index contributed by atoms with van der Waals surface area (Å²) in [4.78, 5) is 51.0. The molecule has 4 aliphatic rings. The number of hydrogen-bond acceptors (Lipinski definition) is 9. The molecule has 0 unspecified atom stereocenters. The number of para-hydroxylation sites is 3. The van der Waals surface area contributed by atoms with Gasteiger partial charge in [-0.15, -0.1) is 11.8 Å². The van der Waals surface area contributed by atoms with Crippen LogP contribution in [0.2, 0.25) is 0 Å². The van der Waals surface area contributed by atoms with Crippen LogP contribution in [0.25, 0.3) is 0 Å². The average Bonchev–Trinajstić information content (AvgIpc) is 3.22. The lowest BCUT2D eigenvalue weighted by Gasteiger charge is -2.44. The number of fused-ring (bicyclic) bond motifs is 2. The zero-order valence-corrected chi connectivity index (χ0v) is 31.9. The van der Waals surface area contributed by atoms with Crippen molar-refractivity contribution in [1.29, 1.82) is 0 Å². The molecular weight excluding hydrogens is 724 g/mol. The van der Waals surface area contributed by atoms with Gasteiger partial charge in [0.25, 0.3) is 5.91 Å². The number of carbonyl (C=O) groups is 4. The lowest BCUT2D eigenvalue weighted by Crippen LogP contribution is -2.52. The van der Waals surface area contributed by atoms with Gasteiger partial charge in [-0.1, -0.05) is 54.6 Å². The van der Waals surface area contributed by atoms with E-state index in [9.17, 15) is 23.6 Å². The molecule has 1 amide bonds. The van der Waals surface area contributed by atoms with Crippen molar-refractivity contribution in [2.45, 2.75) is 53.8 Å². The minimum atomic E-state index is -1.00. The topological polar surface area (TPSA) is 131 Å². The molecule has 12 heteroatoms. The van der Waals surface area contributed by atoms with E-state index in [4.69, 9.17) is 20.7 Å². The Morgan fingerprint density at radius 3 is 1.93 bits per heavy atom. The number of likely N-dealkylation sites (tertiary alicyclic amines) is 1. The monoisotopic (exact) mass is 771 g/mol. The number of carbonyl (C=O) groups excluding carboxylic acids is 3. The average molecular weight is 772 g/mol. The summed E-state index contributed by atoms with van der Waals surface area (Å²) >= 11 is 1.92. The molecule has 0 bridgehead atoms. The second-order valence-corrected chi connectivity index (χ2v) is 15.0. The van der Waals surface area contributed by atoms with Crippen molar-refractivity contribution >= 4 is 35.2 Å². The van der Waals surface area contributed by atoms with E-state index in [2.05, 4.69) is 11.4 Å². The molecule has 2 spiro atoms. The summed E-state index contributed by atoms with van der Waals surface area (Å²) in [5.41, 5.74) is 1.84. The van der Waals surface area contributed by atoms with Crippen LogP contribution < -0.4 is 19.5 Å². The molecule has 10 nitrogen and oxygen atoms in total. The number of Topliss-reactive ketones (excluding diaryl/α,β-unsaturated/α-hetero) is 2. The molecular formula is C43H47FN2O8S.